The molecule has 2 aromatic carbocycles. The molecule has 9 heteroatoms. The highest BCUT2D eigenvalue weighted by molar-refractivity contribution is 6.30. The summed E-state index contributed by atoms with van der Waals surface area (Å²) in [6.07, 6.45) is 34.7. The van der Waals surface area contributed by atoms with E-state index in [9.17, 15) is 14.4 Å². The van der Waals surface area contributed by atoms with Crippen molar-refractivity contribution in [3.05, 3.63) is 138 Å². The van der Waals surface area contributed by atoms with Crippen molar-refractivity contribution in [3.8, 4) is 5.75 Å². The van der Waals surface area contributed by atoms with Gasteiger partial charge in [-0.25, -0.2) is 0 Å². The molecule has 0 aliphatic rings. The Morgan fingerprint density at radius 2 is 1.23 bits per heavy atom. The van der Waals surface area contributed by atoms with Gasteiger partial charge in [0.15, 0.2) is 5.60 Å². The third-order valence-corrected chi connectivity index (χ3v) is 9.17. The van der Waals surface area contributed by atoms with Crippen LogP contribution in [0.4, 0.5) is 0 Å². The van der Waals surface area contributed by atoms with Crippen molar-refractivity contribution in [3.63, 3.8) is 0 Å². The molecule has 8 nitrogen and oxygen atoms in total. The summed E-state index contributed by atoms with van der Waals surface area (Å²) in [6.45, 7) is 11.8. The summed E-state index contributed by atoms with van der Waals surface area (Å²) in [5, 5.41) is 9.54. The van der Waals surface area contributed by atoms with Crippen molar-refractivity contribution < 1.29 is 19.1 Å². The maximum absolute atomic E-state index is 13.0. The van der Waals surface area contributed by atoms with Crippen LogP contribution in [-0.2, 0) is 16.0 Å². The minimum atomic E-state index is -1.06. The highest BCUT2D eigenvalue weighted by atomic mass is 35.5. The fourth-order valence-corrected chi connectivity index (χ4v) is 5.66. The minimum absolute atomic E-state index is 0.0699. The first-order valence-electron chi connectivity index (χ1n) is 20.6. The Balaban J connectivity index is 1.51. The van der Waals surface area contributed by atoms with Crippen molar-refractivity contribution in [1.82, 2.24) is 20.9 Å². The Morgan fingerprint density at radius 3 is 1.79 bits per heavy atom. The van der Waals surface area contributed by atoms with E-state index in [0.29, 0.717) is 55.4 Å². The normalized spacial score (nSPS) is 12.3. The summed E-state index contributed by atoms with van der Waals surface area (Å²) in [5.74, 6) is 0.333. The molecule has 57 heavy (non-hydrogen) atoms. The predicted octanol–water partition coefficient (Wildman–Crippen LogP) is 9.89. The number of carbonyl (C=O) groups excluding carboxylic acids is 3. The largest absolute Gasteiger partial charge is 0.478 e. The monoisotopic (exact) mass is 798 g/mol. The molecule has 0 aliphatic carbocycles. The summed E-state index contributed by atoms with van der Waals surface area (Å²) in [6, 6.07) is 14.3. The van der Waals surface area contributed by atoms with Crippen molar-refractivity contribution in [2.45, 2.75) is 97.5 Å². The Labute approximate surface area is 348 Å². The van der Waals surface area contributed by atoms with Crippen molar-refractivity contribution in [1.29, 1.82) is 0 Å². The lowest BCUT2D eigenvalue weighted by atomic mass is 10.1. The first kappa shape index (κ1) is 48.5. The van der Waals surface area contributed by atoms with Crippen molar-refractivity contribution in [2.24, 2.45) is 0 Å². The molecular formula is C48H67ClN4O4. The van der Waals surface area contributed by atoms with Gasteiger partial charge in [0, 0.05) is 43.2 Å². The second-order valence-electron chi connectivity index (χ2n) is 14.1. The zero-order chi connectivity index (χ0) is 41.4. The highest BCUT2D eigenvalue weighted by Gasteiger charge is 2.29. The van der Waals surface area contributed by atoms with Gasteiger partial charge in [0.1, 0.15) is 5.75 Å². The number of halogens is 1. The van der Waals surface area contributed by atoms with Gasteiger partial charge in [0.25, 0.3) is 11.8 Å². The molecule has 0 fully saturated rings. The number of ether oxygens (including phenoxy) is 1. The van der Waals surface area contributed by atoms with Crippen LogP contribution in [0.2, 0.25) is 5.02 Å². The molecule has 0 atom stereocenters. The minimum Gasteiger partial charge on any atom is -0.478 e. The molecule has 310 valence electrons. The SMILES string of the molecule is CC/C=C\C/C=C\C/C=C\C/C=C\C/C=C\C/C=C\CCC(=O)NCCCN(CC)CCNC(=O)C(C)(C)Oc1ccc(CCNC(=O)c2ccc(Cl)cc2)cc1. The van der Waals surface area contributed by atoms with Crippen LogP contribution in [0.1, 0.15) is 101 Å². The smallest absolute Gasteiger partial charge is 0.263 e. The molecule has 0 unspecified atom stereocenters. The van der Waals surface area contributed by atoms with Gasteiger partial charge in [-0.1, -0.05) is 110 Å². The van der Waals surface area contributed by atoms with Gasteiger partial charge in [-0.15, -0.1) is 0 Å². The summed E-state index contributed by atoms with van der Waals surface area (Å²) >= 11 is 5.90. The van der Waals surface area contributed by atoms with Crippen LogP contribution in [0.3, 0.4) is 0 Å². The summed E-state index contributed by atoms with van der Waals surface area (Å²) < 4.78 is 6.05. The van der Waals surface area contributed by atoms with E-state index < -0.39 is 5.60 Å². The second-order valence-corrected chi connectivity index (χ2v) is 14.6. The predicted molar refractivity (Wildman–Crippen MR) is 239 cm³/mol. The Kier molecular flexibility index (Phi) is 25.9. The van der Waals surface area contributed by atoms with E-state index in [-0.39, 0.29) is 17.7 Å². The van der Waals surface area contributed by atoms with E-state index in [2.05, 4.69) is 108 Å². The lowest BCUT2D eigenvalue weighted by Gasteiger charge is -2.26. The van der Waals surface area contributed by atoms with Crippen LogP contribution in [0.25, 0.3) is 0 Å². The molecule has 3 N–H and O–H groups in total. The zero-order valence-electron chi connectivity index (χ0n) is 34.8. The van der Waals surface area contributed by atoms with Crippen LogP contribution < -0.4 is 20.7 Å². The average Bonchev–Trinajstić information content (AvgIpc) is 3.20. The third-order valence-electron chi connectivity index (χ3n) is 8.92. The number of allylic oxidation sites excluding steroid dienone is 12. The van der Waals surface area contributed by atoms with E-state index in [1.54, 1.807) is 38.1 Å². The molecule has 0 spiro atoms. The standard InChI is InChI=1S/C48H67ClN4O4/c1-5-7-8-9-10-11-12-13-14-15-16-17-18-19-20-21-22-23-24-26-45(54)50-36-25-39-53(6-2)40-38-52-47(56)48(3,4)57-44-33-27-41(28-34-44)35-37-51-46(55)42-29-31-43(49)32-30-42/h7-8,10-11,13-14,16-17,19-20,22-23,27-34H,5-6,9,12,15,18,21,24-26,35-40H2,1-4H3,(H,50,54)(H,51,55)(H,52,56)/b8-7-,11-10-,14-13-,17-16-,20-19-,23-22-. The second kappa shape index (κ2) is 30.5. The van der Waals surface area contributed by atoms with Crippen LogP contribution in [0, 0.1) is 0 Å². The molecule has 0 heterocycles. The lowest BCUT2D eigenvalue weighted by molar-refractivity contribution is -0.134. The first-order chi connectivity index (χ1) is 27.6. The molecule has 0 aliphatic heterocycles. The molecule has 0 radical (unpaired) electrons. The topological polar surface area (TPSA) is 99.8 Å². The lowest BCUT2D eigenvalue weighted by Crippen LogP contribution is -2.48. The van der Waals surface area contributed by atoms with Crippen LogP contribution >= 0.6 is 11.6 Å². The van der Waals surface area contributed by atoms with E-state index in [0.717, 1.165) is 70.0 Å². The molecular weight excluding hydrogens is 732 g/mol. The number of nitrogens with zero attached hydrogens (tertiary/aromatic N) is 1. The van der Waals surface area contributed by atoms with Gasteiger partial charge < -0.3 is 25.6 Å². The fraction of sp³-hybridized carbons (Fsp3) is 0.438. The summed E-state index contributed by atoms with van der Waals surface area (Å²) in [7, 11) is 0. The summed E-state index contributed by atoms with van der Waals surface area (Å²) in [4.78, 5) is 39.8. The quantitative estimate of drug-likeness (QED) is 0.0563. The number of nitrogens with one attached hydrogen (secondary N) is 3. The van der Waals surface area contributed by atoms with E-state index in [1.807, 2.05) is 24.3 Å². The van der Waals surface area contributed by atoms with Gasteiger partial charge in [0.2, 0.25) is 5.91 Å². The molecule has 0 saturated heterocycles. The zero-order valence-corrected chi connectivity index (χ0v) is 35.6. The molecule has 0 aromatic heterocycles. The Morgan fingerprint density at radius 1 is 0.667 bits per heavy atom. The van der Waals surface area contributed by atoms with Crippen LogP contribution in [0.5, 0.6) is 5.75 Å². The molecule has 2 aromatic rings. The first-order valence-corrected chi connectivity index (χ1v) is 21.0. The number of benzene rings is 2. The molecule has 2 rings (SSSR count). The van der Waals surface area contributed by atoms with Gasteiger partial charge in [0.05, 0.1) is 0 Å². The van der Waals surface area contributed by atoms with E-state index in [4.69, 9.17) is 16.3 Å². The third kappa shape index (κ3) is 23.9. The van der Waals surface area contributed by atoms with E-state index >= 15 is 0 Å². The van der Waals surface area contributed by atoms with Crippen LogP contribution in [-0.4, -0.2) is 67.5 Å². The molecule has 0 saturated carbocycles. The Hall–Kier alpha value is -4.66. The number of hydrogen-bond donors (Lipinski definition) is 3. The van der Waals surface area contributed by atoms with Crippen molar-refractivity contribution >= 4 is 29.3 Å². The number of amides is 3. The maximum atomic E-state index is 13.0. The number of likely N-dealkylation sites (N-methyl/N-ethyl adjacent to an activating group) is 1. The average molecular weight is 800 g/mol. The Bertz CT molecular complexity index is 1610. The van der Waals surface area contributed by atoms with Gasteiger partial charge in [-0.3, -0.25) is 14.4 Å². The number of rotatable bonds is 29. The fourth-order valence-electron chi connectivity index (χ4n) is 5.53. The number of hydrogen-bond acceptors (Lipinski definition) is 5. The van der Waals surface area contributed by atoms with Gasteiger partial charge in [-0.2, -0.15) is 0 Å². The van der Waals surface area contributed by atoms with E-state index in [1.165, 1.54) is 0 Å². The summed E-state index contributed by atoms with van der Waals surface area (Å²) in [5.41, 5.74) is 0.553. The van der Waals surface area contributed by atoms with Crippen molar-refractivity contribution in [2.75, 3.05) is 39.3 Å². The van der Waals surface area contributed by atoms with Crippen LogP contribution in [0.15, 0.2) is 121 Å². The molecule has 0 bridgehead atoms. The highest BCUT2D eigenvalue weighted by Crippen LogP contribution is 2.20. The molecule has 3 amide bonds. The maximum Gasteiger partial charge on any atom is 0.263 e. The van der Waals surface area contributed by atoms with Gasteiger partial charge in [-0.05, 0) is 127 Å². The number of carbonyl (C=O) groups is 3. The van der Waals surface area contributed by atoms with Gasteiger partial charge >= 0.3 is 0 Å².